The van der Waals surface area contributed by atoms with Crippen LogP contribution >= 0.6 is 11.8 Å². The van der Waals surface area contributed by atoms with E-state index in [1.807, 2.05) is 18.7 Å². The van der Waals surface area contributed by atoms with Crippen LogP contribution in [-0.2, 0) is 0 Å². The van der Waals surface area contributed by atoms with E-state index in [1.54, 1.807) is 25.3 Å². The monoisotopic (exact) mass is 282 g/mol. The van der Waals surface area contributed by atoms with Crippen molar-refractivity contribution in [2.45, 2.75) is 26.3 Å². The van der Waals surface area contributed by atoms with Crippen LogP contribution in [0.25, 0.3) is 0 Å². The van der Waals surface area contributed by atoms with E-state index < -0.39 is 0 Å². The first-order valence-corrected chi connectivity index (χ1v) is 7.56. The van der Waals surface area contributed by atoms with E-state index in [9.17, 15) is 4.79 Å². The molecular weight excluding hydrogens is 260 g/mol. The Morgan fingerprint density at radius 1 is 1.53 bits per heavy atom. The summed E-state index contributed by atoms with van der Waals surface area (Å²) in [7, 11) is 1.55. The van der Waals surface area contributed by atoms with Crippen molar-refractivity contribution >= 4 is 23.4 Å². The normalized spacial score (nSPS) is 11.9. The molecule has 0 aromatic heterocycles. The molecule has 106 valence electrons. The van der Waals surface area contributed by atoms with Gasteiger partial charge in [0.1, 0.15) is 5.75 Å². The standard InChI is InChI=1S/C14H22N2O2S/c1-4-19-8-7-10(2)16-14(17)12-9-11(15)5-6-13(12)18-3/h5-6,9-10H,4,7-8,15H2,1-3H3,(H,16,17). The molecule has 0 aliphatic rings. The summed E-state index contributed by atoms with van der Waals surface area (Å²) in [6.45, 7) is 4.14. The zero-order valence-corrected chi connectivity index (χ0v) is 12.5. The average Bonchev–Trinajstić information content (AvgIpc) is 2.39. The molecule has 0 radical (unpaired) electrons. The van der Waals surface area contributed by atoms with Crippen LogP contribution in [0.4, 0.5) is 5.69 Å². The third kappa shape index (κ3) is 5.03. The number of benzene rings is 1. The van der Waals surface area contributed by atoms with Crippen LogP contribution < -0.4 is 15.8 Å². The van der Waals surface area contributed by atoms with Gasteiger partial charge in [0, 0.05) is 11.7 Å². The summed E-state index contributed by atoms with van der Waals surface area (Å²) in [6.07, 6.45) is 0.953. The summed E-state index contributed by atoms with van der Waals surface area (Å²) in [5, 5.41) is 2.97. The maximum atomic E-state index is 12.2. The van der Waals surface area contributed by atoms with E-state index in [-0.39, 0.29) is 11.9 Å². The van der Waals surface area contributed by atoms with E-state index >= 15 is 0 Å². The van der Waals surface area contributed by atoms with Crippen molar-refractivity contribution in [3.8, 4) is 5.75 Å². The van der Waals surface area contributed by atoms with Crippen LogP contribution in [0.2, 0.25) is 0 Å². The molecule has 4 nitrogen and oxygen atoms in total. The molecule has 19 heavy (non-hydrogen) atoms. The van der Waals surface area contributed by atoms with E-state index in [2.05, 4.69) is 12.2 Å². The highest BCUT2D eigenvalue weighted by Crippen LogP contribution is 2.21. The molecule has 1 aromatic rings. The number of ether oxygens (including phenoxy) is 1. The smallest absolute Gasteiger partial charge is 0.255 e. The Balaban J connectivity index is 2.64. The van der Waals surface area contributed by atoms with Crippen LogP contribution in [-0.4, -0.2) is 30.6 Å². The second-order valence-corrected chi connectivity index (χ2v) is 5.71. The van der Waals surface area contributed by atoms with Gasteiger partial charge in [-0.3, -0.25) is 4.79 Å². The third-order valence-corrected chi connectivity index (χ3v) is 3.68. The van der Waals surface area contributed by atoms with E-state index in [0.717, 1.165) is 17.9 Å². The van der Waals surface area contributed by atoms with Gasteiger partial charge in [0.05, 0.1) is 12.7 Å². The van der Waals surface area contributed by atoms with E-state index in [1.165, 1.54) is 0 Å². The number of carbonyl (C=O) groups excluding carboxylic acids is 1. The van der Waals surface area contributed by atoms with Gasteiger partial charge in [-0.2, -0.15) is 11.8 Å². The number of hydrogen-bond acceptors (Lipinski definition) is 4. The number of amides is 1. The molecule has 1 unspecified atom stereocenters. The van der Waals surface area contributed by atoms with Gasteiger partial charge in [0.2, 0.25) is 0 Å². The van der Waals surface area contributed by atoms with Gasteiger partial charge in [-0.1, -0.05) is 6.92 Å². The van der Waals surface area contributed by atoms with Crippen LogP contribution in [0.3, 0.4) is 0 Å². The first kappa shape index (κ1) is 15.7. The highest BCUT2D eigenvalue weighted by molar-refractivity contribution is 7.99. The number of anilines is 1. The van der Waals surface area contributed by atoms with Gasteiger partial charge in [-0.25, -0.2) is 0 Å². The molecule has 0 bridgehead atoms. The fourth-order valence-electron chi connectivity index (χ4n) is 1.68. The van der Waals surface area contributed by atoms with Gasteiger partial charge in [-0.05, 0) is 43.0 Å². The van der Waals surface area contributed by atoms with Crippen LogP contribution in [0.1, 0.15) is 30.6 Å². The van der Waals surface area contributed by atoms with Crippen molar-refractivity contribution in [3.63, 3.8) is 0 Å². The van der Waals surface area contributed by atoms with Crippen LogP contribution in [0, 0.1) is 0 Å². The molecule has 0 aliphatic heterocycles. The number of nitrogen functional groups attached to an aromatic ring is 1. The number of carbonyl (C=O) groups is 1. The summed E-state index contributed by atoms with van der Waals surface area (Å²) >= 11 is 1.87. The summed E-state index contributed by atoms with van der Waals surface area (Å²) < 4.78 is 5.18. The lowest BCUT2D eigenvalue weighted by molar-refractivity contribution is 0.0936. The first-order valence-electron chi connectivity index (χ1n) is 6.40. The lowest BCUT2D eigenvalue weighted by Gasteiger charge is -2.15. The fraction of sp³-hybridized carbons (Fsp3) is 0.500. The number of thioether (sulfide) groups is 1. The highest BCUT2D eigenvalue weighted by atomic mass is 32.2. The molecule has 1 amide bonds. The Morgan fingerprint density at radius 3 is 2.89 bits per heavy atom. The molecule has 3 N–H and O–H groups in total. The lowest BCUT2D eigenvalue weighted by Crippen LogP contribution is -2.33. The average molecular weight is 282 g/mol. The molecule has 0 spiro atoms. The molecule has 0 saturated carbocycles. The largest absolute Gasteiger partial charge is 0.496 e. The predicted molar refractivity (Wildman–Crippen MR) is 82.0 cm³/mol. The van der Waals surface area contributed by atoms with Crippen molar-refractivity contribution in [1.82, 2.24) is 5.32 Å². The first-order chi connectivity index (χ1) is 9.08. The zero-order chi connectivity index (χ0) is 14.3. The molecule has 5 heteroatoms. The van der Waals surface area contributed by atoms with Crippen molar-refractivity contribution < 1.29 is 9.53 Å². The number of methoxy groups -OCH3 is 1. The second kappa shape index (κ2) is 7.94. The van der Waals surface area contributed by atoms with Gasteiger partial charge < -0.3 is 15.8 Å². The Bertz CT molecular complexity index is 424. The molecule has 1 rings (SSSR count). The van der Waals surface area contributed by atoms with E-state index in [0.29, 0.717) is 17.0 Å². The number of rotatable bonds is 7. The Hall–Kier alpha value is -1.36. The summed E-state index contributed by atoms with van der Waals surface area (Å²) in [6, 6.07) is 5.21. The SMILES string of the molecule is CCSCCC(C)NC(=O)c1cc(N)ccc1OC. The second-order valence-electron chi connectivity index (χ2n) is 4.32. The van der Waals surface area contributed by atoms with Crippen molar-refractivity contribution in [3.05, 3.63) is 23.8 Å². The molecule has 0 saturated heterocycles. The highest BCUT2D eigenvalue weighted by Gasteiger charge is 2.14. The molecule has 0 aliphatic carbocycles. The summed E-state index contributed by atoms with van der Waals surface area (Å²) in [4.78, 5) is 12.2. The maximum absolute atomic E-state index is 12.2. The maximum Gasteiger partial charge on any atom is 0.255 e. The summed E-state index contributed by atoms with van der Waals surface area (Å²) in [5.41, 5.74) is 6.75. The van der Waals surface area contributed by atoms with Crippen molar-refractivity contribution in [1.29, 1.82) is 0 Å². The van der Waals surface area contributed by atoms with Crippen molar-refractivity contribution in [2.75, 3.05) is 24.3 Å². The minimum Gasteiger partial charge on any atom is -0.496 e. The quantitative estimate of drug-likeness (QED) is 0.596. The number of nitrogens with one attached hydrogen (secondary N) is 1. The van der Waals surface area contributed by atoms with Crippen LogP contribution in [0.15, 0.2) is 18.2 Å². The van der Waals surface area contributed by atoms with Gasteiger partial charge in [0.15, 0.2) is 0 Å². The summed E-state index contributed by atoms with van der Waals surface area (Å²) in [5.74, 6) is 2.55. The van der Waals surface area contributed by atoms with Gasteiger partial charge in [0.25, 0.3) is 5.91 Å². The minimum absolute atomic E-state index is 0.137. The van der Waals surface area contributed by atoms with Crippen LogP contribution in [0.5, 0.6) is 5.75 Å². The third-order valence-electron chi connectivity index (χ3n) is 2.74. The molecule has 1 atom stereocenters. The minimum atomic E-state index is -0.141. The fourth-order valence-corrected chi connectivity index (χ4v) is 2.49. The Kier molecular flexibility index (Phi) is 6.56. The Labute approximate surface area is 119 Å². The predicted octanol–water partition coefficient (Wildman–Crippen LogP) is 2.54. The Morgan fingerprint density at radius 2 is 2.26 bits per heavy atom. The topological polar surface area (TPSA) is 64.4 Å². The molecule has 0 fully saturated rings. The van der Waals surface area contributed by atoms with E-state index in [4.69, 9.17) is 10.5 Å². The number of nitrogens with two attached hydrogens (primary N) is 1. The van der Waals surface area contributed by atoms with Gasteiger partial charge >= 0.3 is 0 Å². The van der Waals surface area contributed by atoms with Gasteiger partial charge in [-0.15, -0.1) is 0 Å². The molecule has 1 aromatic carbocycles. The number of hydrogen-bond donors (Lipinski definition) is 2. The zero-order valence-electron chi connectivity index (χ0n) is 11.7. The molecule has 0 heterocycles. The van der Waals surface area contributed by atoms with Crippen molar-refractivity contribution in [2.24, 2.45) is 0 Å². The molecular formula is C14H22N2O2S. The lowest BCUT2D eigenvalue weighted by atomic mass is 10.1.